The lowest BCUT2D eigenvalue weighted by molar-refractivity contribution is -0.162. The van der Waals surface area contributed by atoms with Gasteiger partial charge in [0.05, 0.1) is 28.8 Å². The molecule has 1 atom stereocenters. The fourth-order valence-corrected chi connectivity index (χ4v) is 3.84. The van der Waals surface area contributed by atoms with Crippen LogP contribution in [0.3, 0.4) is 0 Å². The molecule has 28 heavy (non-hydrogen) atoms. The van der Waals surface area contributed by atoms with E-state index in [0.29, 0.717) is 41.1 Å². The van der Waals surface area contributed by atoms with Crippen LogP contribution in [-0.4, -0.2) is 48.9 Å². The number of ether oxygens (including phenoxy) is 2. The number of hydrogen-bond acceptors (Lipinski definition) is 6. The zero-order valence-electron chi connectivity index (χ0n) is 15.1. The summed E-state index contributed by atoms with van der Waals surface area (Å²) in [4.78, 5) is 39.6. The van der Waals surface area contributed by atoms with Crippen LogP contribution in [0.4, 0.5) is 0 Å². The molecule has 2 heterocycles. The topological polar surface area (TPSA) is 72.9 Å². The molecule has 1 amide bonds. The number of rotatable bonds is 7. The second-order valence-electron chi connectivity index (χ2n) is 6.25. The number of benzene rings is 1. The van der Waals surface area contributed by atoms with Gasteiger partial charge in [-0.25, -0.2) is 0 Å². The monoisotopic (exact) mass is 421 g/mol. The van der Waals surface area contributed by atoms with Gasteiger partial charge in [-0.2, -0.15) is 0 Å². The lowest BCUT2D eigenvalue weighted by Gasteiger charge is -2.30. The van der Waals surface area contributed by atoms with Gasteiger partial charge in [0.15, 0.2) is 5.78 Å². The Hall–Kier alpha value is -2.22. The van der Waals surface area contributed by atoms with Crippen molar-refractivity contribution in [1.29, 1.82) is 0 Å². The lowest BCUT2D eigenvalue weighted by atomic mass is 10.1. The molecule has 0 bridgehead atoms. The Morgan fingerprint density at radius 2 is 1.79 bits per heavy atom. The van der Waals surface area contributed by atoms with Crippen molar-refractivity contribution in [3.8, 4) is 0 Å². The number of morpholine rings is 1. The summed E-state index contributed by atoms with van der Waals surface area (Å²) < 4.78 is 11.3. The Balaban J connectivity index is 1.64. The molecule has 0 aliphatic carbocycles. The van der Waals surface area contributed by atoms with Gasteiger partial charge in [0.1, 0.15) is 0 Å². The average Bonchev–Trinajstić information content (AvgIpc) is 3.17. The molecule has 0 radical (unpaired) electrons. The maximum absolute atomic E-state index is 12.9. The van der Waals surface area contributed by atoms with E-state index < -0.39 is 12.1 Å². The van der Waals surface area contributed by atoms with Crippen LogP contribution in [0.2, 0.25) is 4.34 Å². The number of esters is 1. The van der Waals surface area contributed by atoms with E-state index in [0.717, 1.165) is 0 Å². The van der Waals surface area contributed by atoms with Crippen LogP contribution in [0.15, 0.2) is 42.5 Å². The number of carbonyl (C=O) groups excluding carboxylic acids is 3. The molecule has 1 aliphatic rings. The summed E-state index contributed by atoms with van der Waals surface area (Å²) in [6, 6.07) is 12.2. The van der Waals surface area contributed by atoms with Crippen molar-refractivity contribution in [2.45, 2.75) is 18.9 Å². The van der Waals surface area contributed by atoms with Gasteiger partial charge in [-0.15, -0.1) is 11.3 Å². The third kappa shape index (κ3) is 5.41. The van der Waals surface area contributed by atoms with E-state index >= 15 is 0 Å². The Morgan fingerprint density at radius 1 is 1.07 bits per heavy atom. The molecule has 0 N–H and O–H groups in total. The second kappa shape index (κ2) is 9.82. The first kappa shape index (κ1) is 20.5. The summed E-state index contributed by atoms with van der Waals surface area (Å²) in [6.45, 7) is 1.83. The van der Waals surface area contributed by atoms with E-state index in [1.54, 1.807) is 41.3 Å². The molecule has 8 heteroatoms. The molecule has 1 fully saturated rings. The van der Waals surface area contributed by atoms with Crippen LogP contribution in [-0.2, 0) is 19.1 Å². The number of hydrogen-bond donors (Lipinski definition) is 0. The molecule has 148 valence electrons. The summed E-state index contributed by atoms with van der Waals surface area (Å²) in [7, 11) is 0. The van der Waals surface area contributed by atoms with Crippen molar-refractivity contribution in [3.05, 3.63) is 57.2 Å². The van der Waals surface area contributed by atoms with Gasteiger partial charge in [0.2, 0.25) is 6.10 Å². The minimum Gasteiger partial charge on any atom is -0.447 e. The van der Waals surface area contributed by atoms with Gasteiger partial charge in [-0.3, -0.25) is 14.4 Å². The molecule has 6 nitrogen and oxygen atoms in total. The quantitative estimate of drug-likeness (QED) is 0.505. The van der Waals surface area contributed by atoms with E-state index in [9.17, 15) is 14.4 Å². The van der Waals surface area contributed by atoms with Crippen molar-refractivity contribution < 1.29 is 23.9 Å². The molecule has 3 rings (SSSR count). The third-order valence-corrected chi connectivity index (χ3v) is 5.58. The molecule has 2 aromatic rings. The predicted octanol–water partition coefficient (Wildman–Crippen LogP) is 3.51. The molecular formula is C20H20ClNO5S. The SMILES string of the molecule is O=C(CCC(=O)c1ccc(Cl)s1)OC(C(=O)N1CCOCC1)c1ccccc1. The standard InChI is InChI=1S/C20H20ClNO5S/c21-17-8-7-16(28-17)15(23)6-9-18(24)27-19(14-4-2-1-3-5-14)20(25)22-10-12-26-13-11-22/h1-5,7-8,19H,6,9-13H2. The predicted molar refractivity (Wildman–Crippen MR) is 106 cm³/mol. The molecular weight excluding hydrogens is 402 g/mol. The summed E-state index contributed by atoms with van der Waals surface area (Å²) >= 11 is 7.01. The minimum atomic E-state index is -1.03. The van der Waals surface area contributed by atoms with E-state index in [1.165, 1.54) is 11.3 Å². The van der Waals surface area contributed by atoms with E-state index in [2.05, 4.69) is 0 Å². The van der Waals surface area contributed by atoms with E-state index in [4.69, 9.17) is 21.1 Å². The zero-order chi connectivity index (χ0) is 19.9. The number of thiophene rings is 1. The number of Topliss-reactive ketones (excluding diaryl/α,β-unsaturated/α-hetero) is 1. The van der Waals surface area contributed by atoms with Gasteiger partial charge in [0.25, 0.3) is 5.91 Å². The van der Waals surface area contributed by atoms with Crippen molar-refractivity contribution >= 4 is 40.6 Å². The molecule has 0 spiro atoms. The molecule has 1 aromatic heterocycles. The maximum Gasteiger partial charge on any atom is 0.307 e. The smallest absolute Gasteiger partial charge is 0.307 e. The highest BCUT2D eigenvalue weighted by Gasteiger charge is 2.30. The van der Waals surface area contributed by atoms with Crippen molar-refractivity contribution in [2.24, 2.45) is 0 Å². The molecule has 1 aromatic carbocycles. The number of carbonyl (C=O) groups is 3. The summed E-state index contributed by atoms with van der Waals surface area (Å²) in [6.07, 6.45) is -1.13. The normalized spacial score (nSPS) is 15.1. The highest BCUT2D eigenvalue weighted by molar-refractivity contribution is 7.18. The van der Waals surface area contributed by atoms with Crippen LogP contribution in [0.5, 0.6) is 0 Å². The van der Waals surface area contributed by atoms with Crippen molar-refractivity contribution in [3.63, 3.8) is 0 Å². The average molecular weight is 422 g/mol. The molecule has 1 saturated heterocycles. The Bertz CT molecular complexity index is 832. The van der Waals surface area contributed by atoms with Crippen LogP contribution in [0, 0.1) is 0 Å². The molecule has 1 unspecified atom stereocenters. The van der Waals surface area contributed by atoms with Gasteiger partial charge in [-0.05, 0) is 12.1 Å². The summed E-state index contributed by atoms with van der Waals surface area (Å²) in [5.74, 6) is -1.05. The fraction of sp³-hybridized carbons (Fsp3) is 0.350. The zero-order valence-corrected chi connectivity index (χ0v) is 16.7. The van der Waals surface area contributed by atoms with Crippen LogP contribution >= 0.6 is 22.9 Å². The van der Waals surface area contributed by atoms with E-state index in [1.807, 2.05) is 6.07 Å². The van der Waals surface area contributed by atoms with Gasteiger partial charge in [-0.1, -0.05) is 41.9 Å². The van der Waals surface area contributed by atoms with Gasteiger partial charge in [0, 0.05) is 25.1 Å². The lowest BCUT2D eigenvalue weighted by Crippen LogP contribution is -2.44. The fourth-order valence-electron chi connectivity index (χ4n) is 2.83. The van der Waals surface area contributed by atoms with Gasteiger partial charge >= 0.3 is 5.97 Å². The number of halogens is 1. The first-order valence-corrected chi connectivity index (χ1v) is 10.1. The van der Waals surface area contributed by atoms with Crippen LogP contribution < -0.4 is 0 Å². The molecule has 1 aliphatic heterocycles. The third-order valence-electron chi connectivity index (χ3n) is 4.30. The second-order valence-corrected chi connectivity index (χ2v) is 7.96. The Morgan fingerprint density at radius 3 is 2.43 bits per heavy atom. The molecule has 0 saturated carbocycles. The number of amides is 1. The van der Waals surface area contributed by atoms with E-state index in [-0.39, 0.29) is 24.5 Å². The largest absolute Gasteiger partial charge is 0.447 e. The highest BCUT2D eigenvalue weighted by atomic mass is 35.5. The first-order valence-electron chi connectivity index (χ1n) is 8.94. The van der Waals surface area contributed by atoms with Crippen LogP contribution in [0.1, 0.15) is 34.2 Å². The Labute approximate surface area is 172 Å². The maximum atomic E-state index is 12.9. The minimum absolute atomic E-state index is 0.00291. The highest BCUT2D eigenvalue weighted by Crippen LogP contribution is 2.24. The van der Waals surface area contributed by atoms with Crippen molar-refractivity contribution in [2.75, 3.05) is 26.3 Å². The summed E-state index contributed by atoms with van der Waals surface area (Å²) in [5, 5.41) is 0. The Kier molecular flexibility index (Phi) is 7.19. The summed E-state index contributed by atoms with van der Waals surface area (Å²) in [5.41, 5.74) is 0.601. The first-order chi connectivity index (χ1) is 13.5. The number of nitrogens with zero attached hydrogens (tertiary/aromatic N) is 1. The number of ketones is 1. The van der Waals surface area contributed by atoms with Gasteiger partial charge < -0.3 is 14.4 Å². The van der Waals surface area contributed by atoms with Crippen LogP contribution in [0.25, 0.3) is 0 Å². The van der Waals surface area contributed by atoms with Crippen molar-refractivity contribution in [1.82, 2.24) is 4.90 Å².